The van der Waals surface area contributed by atoms with Gasteiger partial charge in [0.05, 0.1) is 24.9 Å². The third kappa shape index (κ3) is 2.97. The predicted octanol–water partition coefficient (Wildman–Crippen LogP) is 2.83. The lowest BCUT2D eigenvalue weighted by molar-refractivity contribution is 0.213. The Morgan fingerprint density at radius 1 is 1.16 bits per heavy atom. The van der Waals surface area contributed by atoms with Gasteiger partial charge in [0.1, 0.15) is 11.9 Å². The van der Waals surface area contributed by atoms with Gasteiger partial charge in [-0.2, -0.15) is 0 Å². The first-order valence-corrected chi connectivity index (χ1v) is 6.06. The highest BCUT2D eigenvalue weighted by molar-refractivity contribution is 6.32. The Morgan fingerprint density at radius 3 is 2.63 bits per heavy atom. The number of hydrogen-bond acceptors (Lipinski definition) is 4. The summed E-state index contributed by atoms with van der Waals surface area (Å²) in [6.07, 6.45) is -0.860. The van der Waals surface area contributed by atoms with E-state index >= 15 is 0 Å². The average molecular weight is 280 g/mol. The maximum absolute atomic E-state index is 10.3. The number of rotatable bonds is 4. The van der Waals surface area contributed by atoms with Gasteiger partial charge in [0.15, 0.2) is 0 Å². The number of nitrogens with zero attached hydrogens (tertiary/aromatic N) is 1. The van der Waals surface area contributed by atoms with Crippen molar-refractivity contribution in [2.75, 3.05) is 14.2 Å². The van der Waals surface area contributed by atoms with Crippen molar-refractivity contribution in [2.45, 2.75) is 6.10 Å². The highest BCUT2D eigenvalue weighted by Gasteiger charge is 2.14. The maximum Gasteiger partial charge on any atom is 0.213 e. The molecule has 1 heterocycles. The average Bonchev–Trinajstić information content (AvgIpc) is 2.47. The fraction of sp³-hybridized carbons (Fsp3) is 0.214. The summed E-state index contributed by atoms with van der Waals surface area (Å²) < 4.78 is 10.2. The van der Waals surface area contributed by atoms with Gasteiger partial charge < -0.3 is 14.6 Å². The Morgan fingerprint density at radius 2 is 1.95 bits per heavy atom. The van der Waals surface area contributed by atoms with Crippen LogP contribution in [-0.4, -0.2) is 24.3 Å². The molecule has 2 rings (SSSR count). The zero-order valence-corrected chi connectivity index (χ0v) is 11.4. The maximum atomic E-state index is 10.3. The zero-order valence-electron chi connectivity index (χ0n) is 10.6. The van der Waals surface area contributed by atoms with Crippen molar-refractivity contribution < 1.29 is 14.6 Å². The molecule has 19 heavy (non-hydrogen) atoms. The summed E-state index contributed by atoms with van der Waals surface area (Å²) in [6, 6.07) is 10.3. The molecule has 1 atom stereocenters. The predicted molar refractivity (Wildman–Crippen MR) is 72.9 cm³/mol. The van der Waals surface area contributed by atoms with Gasteiger partial charge in [-0.3, -0.25) is 0 Å². The van der Waals surface area contributed by atoms with Crippen LogP contribution >= 0.6 is 11.6 Å². The molecule has 0 aliphatic rings. The first kappa shape index (κ1) is 13.6. The Hall–Kier alpha value is -1.78. The molecule has 0 spiro atoms. The number of halogens is 1. The normalized spacial score (nSPS) is 12.0. The minimum Gasteiger partial charge on any atom is -0.495 e. The van der Waals surface area contributed by atoms with Crippen LogP contribution < -0.4 is 9.47 Å². The molecule has 0 aliphatic heterocycles. The second-order valence-corrected chi connectivity index (χ2v) is 4.31. The van der Waals surface area contributed by atoms with Crippen molar-refractivity contribution >= 4 is 11.6 Å². The number of ether oxygens (including phenoxy) is 2. The molecule has 1 aromatic heterocycles. The smallest absolute Gasteiger partial charge is 0.213 e. The topological polar surface area (TPSA) is 51.6 Å². The Balaban J connectivity index is 2.35. The van der Waals surface area contributed by atoms with Gasteiger partial charge in [0.25, 0.3) is 0 Å². The van der Waals surface area contributed by atoms with Crippen LogP contribution in [0.25, 0.3) is 0 Å². The van der Waals surface area contributed by atoms with E-state index in [1.807, 2.05) is 0 Å². The molecule has 5 heteroatoms. The van der Waals surface area contributed by atoms with Crippen LogP contribution in [0.15, 0.2) is 36.4 Å². The largest absolute Gasteiger partial charge is 0.495 e. The third-order valence-electron chi connectivity index (χ3n) is 2.73. The van der Waals surface area contributed by atoms with Crippen molar-refractivity contribution in [2.24, 2.45) is 0 Å². The van der Waals surface area contributed by atoms with E-state index in [4.69, 9.17) is 21.1 Å². The van der Waals surface area contributed by atoms with Crippen molar-refractivity contribution in [1.82, 2.24) is 4.98 Å². The van der Waals surface area contributed by atoms with Crippen molar-refractivity contribution in [3.63, 3.8) is 0 Å². The summed E-state index contributed by atoms with van der Waals surface area (Å²) in [5, 5.41) is 10.8. The molecule has 0 bridgehead atoms. The van der Waals surface area contributed by atoms with Crippen LogP contribution in [-0.2, 0) is 0 Å². The second-order valence-electron chi connectivity index (χ2n) is 3.90. The Bertz CT molecular complexity index is 574. The van der Waals surface area contributed by atoms with Gasteiger partial charge in [-0.25, -0.2) is 4.98 Å². The van der Waals surface area contributed by atoms with Crippen LogP contribution in [0.4, 0.5) is 0 Å². The van der Waals surface area contributed by atoms with Gasteiger partial charge in [-0.05, 0) is 23.8 Å². The van der Waals surface area contributed by atoms with E-state index in [2.05, 4.69) is 4.98 Å². The SMILES string of the molecule is COc1cccc(C(O)c2ccc(Cl)c(OC)c2)n1. The van der Waals surface area contributed by atoms with E-state index in [1.54, 1.807) is 36.4 Å². The number of aromatic nitrogens is 1. The minimum atomic E-state index is -0.860. The first-order chi connectivity index (χ1) is 9.15. The summed E-state index contributed by atoms with van der Waals surface area (Å²) in [6.45, 7) is 0. The molecule has 0 radical (unpaired) electrons. The van der Waals surface area contributed by atoms with Crippen molar-refractivity contribution in [3.05, 3.63) is 52.7 Å². The molecule has 0 fully saturated rings. The van der Waals surface area contributed by atoms with E-state index in [1.165, 1.54) is 14.2 Å². The number of benzene rings is 1. The highest BCUT2D eigenvalue weighted by Crippen LogP contribution is 2.30. The number of aliphatic hydroxyl groups excluding tert-OH is 1. The molecule has 1 unspecified atom stereocenters. The van der Waals surface area contributed by atoms with E-state index < -0.39 is 6.10 Å². The molecule has 4 nitrogen and oxygen atoms in total. The summed E-state index contributed by atoms with van der Waals surface area (Å²) in [5.74, 6) is 0.971. The molecule has 0 saturated heterocycles. The van der Waals surface area contributed by atoms with Crippen molar-refractivity contribution in [3.8, 4) is 11.6 Å². The molecule has 100 valence electrons. The van der Waals surface area contributed by atoms with Crippen LogP contribution in [0.5, 0.6) is 11.6 Å². The third-order valence-corrected chi connectivity index (χ3v) is 3.04. The van der Waals surface area contributed by atoms with E-state index in [0.29, 0.717) is 27.9 Å². The van der Waals surface area contributed by atoms with E-state index in [-0.39, 0.29) is 0 Å². The molecule has 0 amide bonds. The number of hydrogen-bond donors (Lipinski definition) is 1. The van der Waals surface area contributed by atoms with Crippen LogP contribution in [0.2, 0.25) is 5.02 Å². The Labute approximate surface area is 116 Å². The Kier molecular flexibility index (Phi) is 4.24. The van der Waals surface area contributed by atoms with Gasteiger partial charge in [0.2, 0.25) is 5.88 Å². The van der Waals surface area contributed by atoms with Crippen LogP contribution in [0.1, 0.15) is 17.4 Å². The summed E-state index contributed by atoms with van der Waals surface area (Å²) in [5.41, 5.74) is 1.16. The lowest BCUT2D eigenvalue weighted by atomic mass is 10.1. The molecule has 0 saturated carbocycles. The minimum absolute atomic E-state index is 0.456. The number of methoxy groups -OCH3 is 2. The fourth-order valence-electron chi connectivity index (χ4n) is 1.71. The van der Waals surface area contributed by atoms with Gasteiger partial charge in [-0.1, -0.05) is 23.7 Å². The van der Waals surface area contributed by atoms with Gasteiger partial charge in [-0.15, -0.1) is 0 Å². The quantitative estimate of drug-likeness (QED) is 0.935. The fourth-order valence-corrected chi connectivity index (χ4v) is 1.91. The number of pyridine rings is 1. The molecular weight excluding hydrogens is 266 g/mol. The second kappa shape index (κ2) is 5.91. The van der Waals surface area contributed by atoms with Crippen LogP contribution in [0.3, 0.4) is 0 Å². The summed E-state index contributed by atoms with van der Waals surface area (Å²) in [4.78, 5) is 4.20. The first-order valence-electron chi connectivity index (χ1n) is 5.68. The standard InChI is InChI=1S/C14H14ClNO3/c1-18-12-8-9(6-7-10(12)15)14(17)11-4-3-5-13(16-11)19-2/h3-8,14,17H,1-2H3. The molecule has 2 aromatic rings. The highest BCUT2D eigenvalue weighted by atomic mass is 35.5. The lowest BCUT2D eigenvalue weighted by Gasteiger charge is -2.13. The summed E-state index contributed by atoms with van der Waals surface area (Å²) in [7, 11) is 3.06. The lowest BCUT2D eigenvalue weighted by Crippen LogP contribution is -2.03. The summed E-state index contributed by atoms with van der Waals surface area (Å²) >= 11 is 5.95. The number of aliphatic hydroxyl groups is 1. The molecule has 1 aromatic carbocycles. The van der Waals surface area contributed by atoms with Crippen LogP contribution in [0, 0.1) is 0 Å². The van der Waals surface area contributed by atoms with E-state index in [0.717, 1.165) is 0 Å². The molecular formula is C14H14ClNO3. The van der Waals surface area contributed by atoms with Crippen molar-refractivity contribution in [1.29, 1.82) is 0 Å². The monoisotopic (exact) mass is 279 g/mol. The van der Waals surface area contributed by atoms with E-state index in [9.17, 15) is 5.11 Å². The van der Waals surface area contributed by atoms with Gasteiger partial charge in [0, 0.05) is 6.07 Å². The zero-order chi connectivity index (χ0) is 13.8. The molecule has 0 aliphatic carbocycles. The van der Waals surface area contributed by atoms with Gasteiger partial charge >= 0.3 is 0 Å². The molecule has 1 N–H and O–H groups in total.